The van der Waals surface area contributed by atoms with Gasteiger partial charge in [0.1, 0.15) is 0 Å². The Kier molecular flexibility index (Phi) is 5.64. The molecule has 1 amide bonds. The zero-order chi connectivity index (χ0) is 16.1. The van der Waals surface area contributed by atoms with Crippen LogP contribution < -0.4 is 5.32 Å². The van der Waals surface area contributed by atoms with E-state index in [0.29, 0.717) is 15.6 Å². The lowest BCUT2D eigenvalue weighted by Crippen LogP contribution is -2.11. The second-order valence-electron chi connectivity index (χ2n) is 4.92. The Balaban J connectivity index is 2.19. The third-order valence-corrected chi connectivity index (χ3v) is 4.05. The minimum absolute atomic E-state index is 0.208. The molecule has 0 aliphatic rings. The predicted molar refractivity (Wildman–Crippen MR) is 94.7 cm³/mol. The largest absolute Gasteiger partial charge is 0.322 e. The van der Waals surface area contributed by atoms with Gasteiger partial charge >= 0.3 is 0 Å². The minimum atomic E-state index is -0.208. The average molecular weight is 334 g/mol. The average Bonchev–Trinajstić information content (AvgIpc) is 2.49. The summed E-state index contributed by atoms with van der Waals surface area (Å²) in [5.41, 5.74) is 3.65. The van der Waals surface area contributed by atoms with E-state index in [1.54, 1.807) is 24.3 Å². The third-order valence-electron chi connectivity index (χ3n) is 3.39. The molecule has 0 fully saturated rings. The molecule has 0 aliphatic heterocycles. The van der Waals surface area contributed by atoms with Crippen molar-refractivity contribution < 1.29 is 4.79 Å². The highest BCUT2D eigenvalue weighted by molar-refractivity contribution is 6.37. The van der Waals surface area contributed by atoms with Gasteiger partial charge in [-0.2, -0.15) is 0 Å². The molecule has 4 heteroatoms. The second kappa shape index (κ2) is 7.48. The van der Waals surface area contributed by atoms with Crippen LogP contribution in [0.2, 0.25) is 10.0 Å². The lowest BCUT2D eigenvalue weighted by atomic mass is 10.1. The topological polar surface area (TPSA) is 29.1 Å². The molecule has 2 aromatic carbocycles. The molecule has 1 N–H and O–H groups in total. The summed E-state index contributed by atoms with van der Waals surface area (Å²) in [7, 11) is 0. The monoisotopic (exact) mass is 333 g/mol. The molecule has 2 rings (SSSR count). The van der Waals surface area contributed by atoms with Crippen LogP contribution in [0.1, 0.15) is 23.6 Å². The van der Waals surface area contributed by atoms with Gasteiger partial charge in [0, 0.05) is 27.4 Å². The van der Waals surface area contributed by atoms with Gasteiger partial charge < -0.3 is 5.32 Å². The van der Waals surface area contributed by atoms with Gasteiger partial charge in [0.05, 0.1) is 0 Å². The lowest BCUT2D eigenvalue weighted by Gasteiger charge is -2.11. The molecule has 0 atom stereocenters. The van der Waals surface area contributed by atoms with Crippen LogP contribution in [0.15, 0.2) is 42.5 Å². The van der Waals surface area contributed by atoms with E-state index in [1.807, 2.05) is 25.1 Å². The van der Waals surface area contributed by atoms with Crippen LogP contribution in [0.25, 0.3) is 6.08 Å². The highest BCUT2D eigenvalue weighted by Crippen LogP contribution is 2.26. The molecule has 114 valence electrons. The number of anilines is 1. The van der Waals surface area contributed by atoms with Crippen molar-refractivity contribution in [1.29, 1.82) is 0 Å². The molecule has 0 spiro atoms. The normalized spacial score (nSPS) is 10.9. The molecule has 0 aromatic heterocycles. The first-order valence-corrected chi connectivity index (χ1v) is 7.80. The molecule has 0 bridgehead atoms. The summed E-state index contributed by atoms with van der Waals surface area (Å²) < 4.78 is 0. The van der Waals surface area contributed by atoms with Gasteiger partial charge in [0.25, 0.3) is 0 Å². The third kappa shape index (κ3) is 3.90. The molecule has 2 aromatic rings. The van der Waals surface area contributed by atoms with E-state index < -0.39 is 0 Å². The summed E-state index contributed by atoms with van der Waals surface area (Å²) in [5, 5.41) is 3.96. The minimum Gasteiger partial charge on any atom is -0.322 e. The van der Waals surface area contributed by atoms with Gasteiger partial charge in [-0.05, 0) is 42.7 Å². The molecule has 0 unspecified atom stereocenters. The summed E-state index contributed by atoms with van der Waals surface area (Å²) in [6, 6.07) is 11.2. The number of amides is 1. The number of halogens is 2. The maximum absolute atomic E-state index is 12.1. The van der Waals surface area contributed by atoms with E-state index in [-0.39, 0.29) is 5.91 Å². The number of hydrogen-bond donors (Lipinski definition) is 1. The van der Waals surface area contributed by atoms with E-state index in [0.717, 1.165) is 23.2 Å². The Labute approximate surface area is 140 Å². The Bertz CT molecular complexity index is 703. The fraction of sp³-hybridized carbons (Fsp3) is 0.167. The van der Waals surface area contributed by atoms with Gasteiger partial charge in [0.15, 0.2) is 0 Å². The van der Waals surface area contributed by atoms with E-state index in [2.05, 4.69) is 12.2 Å². The van der Waals surface area contributed by atoms with Gasteiger partial charge in [-0.15, -0.1) is 0 Å². The summed E-state index contributed by atoms with van der Waals surface area (Å²) in [6.45, 7) is 4.03. The van der Waals surface area contributed by atoms with Crippen molar-refractivity contribution in [3.63, 3.8) is 0 Å². The Hall–Kier alpha value is -1.77. The fourth-order valence-electron chi connectivity index (χ4n) is 2.20. The maximum atomic E-state index is 12.1. The van der Waals surface area contributed by atoms with E-state index >= 15 is 0 Å². The summed E-state index contributed by atoms with van der Waals surface area (Å²) in [6.07, 6.45) is 3.93. The van der Waals surface area contributed by atoms with Crippen LogP contribution in [-0.4, -0.2) is 5.91 Å². The summed E-state index contributed by atoms with van der Waals surface area (Å²) in [4.78, 5) is 12.1. The number of carbonyl (C=O) groups excluding carboxylic acids is 1. The molecule has 22 heavy (non-hydrogen) atoms. The molecular weight excluding hydrogens is 317 g/mol. The zero-order valence-corrected chi connectivity index (χ0v) is 14.0. The van der Waals surface area contributed by atoms with Gasteiger partial charge in [-0.3, -0.25) is 4.79 Å². The number of para-hydroxylation sites is 1. The summed E-state index contributed by atoms with van der Waals surface area (Å²) in [5.74, 6) is -0.208. The van der Waals surface area contributed by atoms with Gasteiger partial charge in [-0.25, -0.2) is 0 Å². The number of benzene rings is 2. The van der Waals surface area contributed by atoms with Crippen LogP contribution in [0.5, 0.6) is 0 Å². The van der Waals surface area contributed by atoms with E-state index in [9.17, 15) is 4.79 Å². The highest BCUT2D eigenvalue weighted by Gasteiger charge is 2.07. The number of hydrogen-bond acceptors (Lipinski definition) is 1. The molecule has 0 saturated heterocycles. The van der Waals surface area contributed by atoms with Crippen molar-refractivity contribution in [3.05, 3.63) is 69.2 Å². The molecule has 0 aliphatic carbocycles. The molecule has 0 radical (unpaired) electrons. The first-order valence-electron chi connectivity index (χ1n) is 7.04. The number of aryl methyl sites for hydroxylation is 2. The maximum Gasteiger partial charge on any atom is 0.248 e. The first kappa shape index (κ1) is 16.6. The standard InChI is InChI=1S/C18H17Cl2NO/c1-3-13-7-4-6-12(2)18(13)21-17(22)11-10-14-15(19)8-5-9-16(14)20/h4-11H,3H2,1-2H3,(H,21,22). The number of rotatable bonds is 4. The molecule has 2 nitrogen and oxygen atoms in total. The Morgan fingerprint density at radius 3 is 2.41 bits per heavy atom. The Morgan fingerprint density at radius 1 is 1.14 bits per heavy atom. The van der Waals surface area contributed by atoms with Crippen LogP contribution >= 0.6 is 23.2 Å². The SMILES string of the molecule is CCc1cccc(C)c1NC(=O)C=Cc1c(Cl)cccc1Cl. The van der Waals surface area contributed by atoms with Crippen molar-refractivity contribution in [1.82, 2.24) is 0 Å². The smallest absolute Gasteiger partial charge is 0.248 e. The van der Waals surface area contributed by atoms with E-state index in [4.69, 9.17) is 23.2 Å². The van der Waals surface area contributed by atoms with Crippen LogP contribution in [0, 0.1) is 6.92 Å². The van der Waals surface area contributed by atoms with Crippen molar-refractivity contribution >= 4 is 40.9 Å². The fourth-order valence-corrected chi connectivity index (χ4v) is 2.72. The molecule has 0 heterocycles. The quantitative estimate of drug-likeness (QED) is 0.733. The first-order chi connectivity index (χ1) is 10.5. The van der Waals surface area contributed by atoms with E-state index in [1.165, 1.54) is 6.08 Å². The second-order valence-corrected chi connectivity index (χ2v) is 5.73. The van der Waals surface area contributed by atoms with Gasteiger partial charge in [0.2, 0.25) is 5.91 Å². The lowest BCUT2D eigenvalue weighted by molar-refractivity contribution is -0.111. The van der Waals surface area contributed by atoms with Gasteiger partial charge in [-0.1, -0.05) is 54.4 Å². The van der Waals surface area contributed by atoms with Crippen LogP contribution in [0.4, 0.5) is 5.69 Å². The molecular formula is C18H17Cl2NO. The van der Waals surface area contributed by atoms with Crippen LogP contribution in [-0.2, 0) is 11.2 Å². The number of nitrogens with one attached hydrogen (secondary N) is 1. The predicted octanol–water partition coefficient (Wildman–Crippen LogP) is 5.52. The molecule has 0 saturated carbocycles. The van der Waals surface area contributed by atoms with Crippen LogP contribution in [0.3, 0.4) is 0 Å². The van der Waals surface area contributed by atoms with Crippen molar-refractivity contribution in [2.24, 2.45) is 0 Å². The Morgan fingerprint density at radius 2 is 1.77 bits per heavy atom. The van der Waals surface area contributed by atoms with Crippen molar-refractivity contribution in [3.8, 4) is 0 Å². The number of carbonyl (C=O) groups is 1. The van der Waals surface area contributed by atoms with Crippen molar-refractivity contribution in [2.75, 3.05) is 5.32 Å². The highest BCUT2D eigenvalue weighted by atomic mass is 35.5. The zero-order valence-electron chi connectivity index (χ0n) is 12.5. The van der Waals surface area contributed by atoms with Crippen molar-refractivity contribution in [2.45, 2.75) is 20.3 Å². The summed E-state index contributed by atoms with van der Waals surface area (Å²) >= 11 is 12.2.